The molecular formula is C22H30N3O4+. The summed E-state index contributed by atoms with van der Waals surface area (Å²) < 4.78 is 5.09. The zero-order valence-electron chi connectivity index (χ0n) is 17.7. The number of nitrogens with two attached hydrogens (primary N) is 1. The van der Waals surface area contributed by atoms with Gasteiger partial charge in [-0.2, -0.15) is 0 Å². The van der Waals surface area contributed by atoms with Crippen molar-refractivity contribution in [3.8, 4) is 5.75 Å². The molecule has 0 bridgehead atoms. The minimum absolute atomic E-state index is 0.120. The maximum atomic E-state index is 12.5. The highest BCUT2D eigenvalue weighted by molar-refractivity contribution is 5.92. The van der Waals surface area contributed by atoms with Crippen molar-refractivity contribution in [2.24, 2.45) is 5.92 Å². The van der Waals surface area contributed by atoms with Gasteiger partial charge in [-0.3, -0.25) is 14.9 Å². The van der Waals surface area contributed by atoms with Crippen LogP contribution in [0.4, 0.5) is 11.4 Å². The molecule has 1 amide bonds. The lowest BCUT2D eigenvalue weighted by atomic mass is 9.95. The Bertz CT molecular complexity index is 863. The van der Waals surface area contributed by atoms with Crippen LogP contribution in [0.5, 0.6) is 5.75 Å². The molecule has 0 saturated carbocycles. The molecule has 0 spiro atoms. The zero-order chi connectivity index (χ0) is 21.6. The van der Waals surface area contributed by atoms with Crippen LogP contribution in [0.25, 0.3) is 0 Å². The summed E-state index contributed by atoms with van der Waals surface area (Å²) in [5.74, 6) is 0.312. The normalized spacial score (nSPS) is 11.9. The molecule has 0 aromatic heterocycles. The highest BCUT2D eigenvalue weighted by atomic mass is 16.6. The third-order valence-corrected chi connectivity index (χ3v) is 5.04. The highest BCUT2D eigenvalue weighted by Crippen LogP contribution is 2.32. The van der Waals surface area contributed by atoms with E-state index in [4.69, 9.17) is 4.74 Å². The van der Waals surface area contributed by atoms with Gasteiger partial charge in [0.15, 0.2) is 12.3 Å². The first-order chi connectivity index (χ1) is 13.8. The van der Waals surface area contributed by atoms with Crippen LogP contribution < -0.4 is 15.4 Å². The molecule has 2 aromatic carbocycles. The molecule has 0 aliphatic carbocycles. The second-order valence-corrected chi connectivity index (χ2v) is 7.45. The maximum absolute atomic E-state index is 12.5. The van der Waals surface area contributed by atoms with Crippen molar-refractivity contribution in [2.45, 2.75) is 40.2 Å². The number of hydrogen-bond donors (Lipinski definition) is 2. The van der Waals surface area contributed by atoms with Gasteiger partial charge in [0, 0.05) is 29.3 Å². The molecule has 3 N–H and O–H groups in total. The van der Waals surface area contributed by atoms with E-state index in [2.05, 4.69) is 50.4 Å². The predicted molar refractivity (Wildman–Crippen MR) is 113 cm³/mol. The number of nitro benzene ring substituents is 1. The van der Waals surface area contributed by atoms with E-state index in [1.165, 1.54) is 30.4 Å². The van der Waals surface area contributed by atoms with Crippen LogP contribution in [0, 0.1) is 23.0 Å². The number of carbonyl (C=O) groups excluding carboxylic acids is 1. The lowest BCUT2D eigenvalue weighted by Crippen LogP contribution is -2.88. The molecular weight excluding hydrogens is 370 g/mol. The average Bonchev–Trinajstić information content (AvgIpc) is 2.69. The fourth-order valence-corrected chi connectivity index (χ4v) is 3.32. The lowest BCUT2D eigenvalue weighted by Gasteiger charge is -2.20. The Kier molecular flexibility index (Phi) is 7.73. The van der Waals surface area contributed by atoms with E-state index in [9.17, 15) is 14.9 Å². The van der Waals surface area contributed by atoms with Gasteiger partial charge < -0.3 is 15.4 Å². The summed E-state index contributed by atoms with van der Waals surface area (Å²) in [5, 5.41) is 16.0. The number of amides is 1. The van der Waals surface area contributed by atoms with E-state index in [0.29, 0.717) is 17.2 Å². The summed E-state index contributed by atoms with van der Waals surface area (Å²) >= 11 is 0. The Morgan fingerprint density at radius 1 is 1.24 bits per heavy atom. The Morgan fingerprint density at radius 2 is 1.90 bits per heavy atom. The van der Waals surface area contributed by atoms with Gasteiger partial charge in [0.25, 0.3) is 5.91 Å². The molecule has 7 heteroatoms. The van der Waals surface area contributed by atoms with Gasteiger partial charge in [0.05, 0.1) is 12.0 Å². The monoisotopic (exact) mass is 400 g/mol. The van der Waals surface area contributed by atoms with E-state index in [1.807, 2.05) is 5.32 Å². The maximum Gasteiger partial charge on any atom is 0.311 e. The van der Waals surface area contributed by atoms with Crippen LogP contribution >= 0.6 is 0 Å². The Morgan fingerprint density at radius 3 is 2.41 bits per heavy atom. The molecule has 0 saturated heterocycles. The zero-order valence-corrected chi connectivity index (χ0v) is 17.7. The summed E-state index contributed by atoms with van der Waals surface area (Å²) in [5.41, 5.74) is 3.49. The Hall–Kier alpha value is -2.93. The van der Waals surface area contributed by atoms with Crippen LogP contribution in [0.2, 0.25) is 0 Å². The fraction of sp³-hybridized carbons (Fsp3) is 0.409. The molecule has 2 rings (SSSR count). The summed E-state index contributed by atoms with van der Waals surface area (Å²) in [4.78, 5) is 23.1. The SMILES string of the molecule is CCc1ccc([C@H]([NH2+]CC(=O)Nc2cc(OC)c([N+](=O)[O-])cc2C)C(C)C)cc1. The van der Waals surface area contributed by atoms with Gasteiger partial charge in [0.2, 0.25) is 0 Å². The lowest BCUT2D eigenvalue weighted by molar-refractivity contribution is -0.692. The summed E-state index contributed by atoms with van der Waals surface area (Å²) in [6.07, 6.45) is 0.997. The van der Waals surface area contributed by atoms with Crippen molar-refractivity contribution in [2.75, 3.05) is 19.0 Å². The molecule has 0 aliphatic rings. The first-order valence-electron chi connectivity index (χ1n) is 9.81. The molecule has 0 unspecified atom stereocenters. The summed E-state index contributed by atoms with van der Waals surface area (Å²) in [6, 6.07) is 11.6. The van der Waals surface area contributed by atoms with E-state index >= 15 is 0 Å². The Balaban J connectivity index is 2.08. The number of nitro groups is 1. The van der Waals surface area contributed by atoms with Crippen LogP contribution in [-0.2, 0) is 11.2 Å². The quantitative estimate of drug-likeness (QED) is 0.498. The van der Waals surface area contributed by atoms with Crippen LogP contribution in [0.3, 0.4) is 0 Å². The third-order valence-electron chi connectivity index (χ3n) is 5.04. The van der Waals surface area contributed by atoms with E-state index < -0.39 is 4.92 Å². The van der Waals surface area contributed by atoms with Gasteiger partial charge in [-0.25, -0.2) is 0 Å². The molecule has 0 heterocycles. The number of rotatable bonds is 9. The number of benzene rings is 2. The minimum atomic E-state index is -0.498. The summed E-state index contributed by atoms with van der Waals surface area (Å²) in [7, 11) is 1.37. The predicted octanol–water partition coefficient (Wildman–Crippen LogP) is 3.37. The molecule has 0 radical (unpaired) electrons. The van der Waals surface area contributed by atoms with Gasteiger partial charge in [-0.05, 0) is 24.5 Å². The topological polar surface area (TPSA) is 98.1 Å². The molecule has 2 aromatic rings. The first-order valence-corrected chi connectivity index (χ1v) is 9.81. The van der Waals surface area contributed by atoms with E-state index in [0.717, 1.165) is 6.42 Å². The van der Waals surface area contributed by atoms with Gasteiger partial charge in [-0.15, -0.1) is 0 Å². The Labute approximate surface area is 171 Å². The van der Waals surface area contributed by atoms with Gasteiger partial charge in [-0.1, -0.05) is 45.0 Å². The molecule has 29 heavy (non-hydrogen) atoms. The number of nitrogens with zero attached hydrogens (tertiary/aromatic N) is 1. The number of hydrogen-bond acceptors (Lipinski definition) is 4. The number of nitrogens with one attached hydrogen (secondary N) is 1. The molecule has 7 nitrogen and oxygen atoms in total. The van der Waals surface area contributed by atoms with Crippen molar-refractivity contribution < 1.29 is 19.8 Å². The van der Waals surface area contributed by atoms with Crippen molar-refractivity contribution in [3.05, 3.63) is 63.2 Å². The third kappa shape index (κ3) is 5.77. The molecule has 0 aliphatic heterocycles. The number of quaternary nitrogens is 1. The second kappa shape index (κ2) is 10.0. The number of ether oxygens (including phenoxy) is 1. The van der Waals surface area contributed by atoms with Crippen LogP contribution in [0.1, 0.15) is 43.5 Å². The first kappa shape index (κ1) is 22.4. The highest BCUT2D eigenvalue weighted by Gasteiger charge is 2.22. The number of carbonyl (C=O) groups is 1. The van der Waals surface area contributed by atoms with Crippen LogP contribution in [0.15, 0.2) is 36.4 Å². The van der Waals surface area contributed by atoms with Crippen molar-refractivity contribution in [1.82, 2.24) is 0 Å². The fourth-order valence-electron chi connectivity index (χ4n) is 3.32. The largest absolute Gasteiger partial charge is 0.490 e. The molecule has 156 valence electrons. The minimum Gasteiger partial charge on any atom is -0.490 e. The van der Waals surface area contributed by atoms with Gasteiger partial charge >= 0.3 is 5.69 Å². The number of methoxy groups -OCH3 is 1. The van der Waals surface area contributed by atoms with Crippen molar-refractivity contribution in [1.29, 1.82) is 0 Å². The van der Waals surface area contributed by atoms with Crippen LogP contribution in [-0.4, -0.2) is 24.5 Å². The van der Waals surface area contributed by atoms with Crippen molar-refractivity contribution in [3.63, 3.8) is 0 Å². The van der Waals surface area contributed by atoms with Crippen molar-refractivity contribution >= 4 is 17.3 Å². The standard InChI is InChI=1S/C22H29N3O4/c1-6-16-7-9-17(10-8-16)22(14(2)3)23-13-21(26)24-18-12-20(29-5)19(25(27)28)11-15(18)4/h7-12,14,22-23H,6,13H2,1-5H3,(H,24,26)/p+1/t22-/m1/s1. The van der Waals surface area contributed by atoms with E-state index in [-0.39, 0.29) is 29.9 Å². The molecule has 0 fully saturated rings. The van der Waals surface area contributed by atoms with Gasteiger partial charge in [0.1, 0.15) is 6.04 Å². The number of anilines is 1. The average molecular weight is 400 g/mol. The van der Waals surface area contributed by atoms with E-state index in [1.54, 1.807) is 6.92 Å². The smallest absolute Gasteiger partial charge is 0.311 e. The summed E-state index contributed by atoms with van der Waals surface area (Å²) in [6.45, 7) is 8.37. The number of aryl methyl sites for hydroxylation is 2. The molecule has 1 atom stereocenters. The second-order valence-electron chi connectivity index (χ2n) is 7.45.